The Morgan fingerprint density at radius 1 is 1.11 bits per heavy atom. The zero-order valence-corrected chi connectivity index (χ0v) is 16.2. The Kier molecular flexibility index (Phi) is 4.97. The Labute approximate surface area is 164 Å². The molecule has 0 amide bonds. The lowest BCUT2D eigenvalue weighted by atomic mass is 10.2. The van der Waals surface area contributed by atoms with E-state index in [0.717, 1.165) is 38.3 Å². The minimum atomic E-state index is 0.499. The molecular formula is C19H17BrN6O. The van der Waals surface area contributed by atoms with Crippen LogP contribution in [0.3, 0.4) is 0 Å². The largest absolute Gasteiger partial charge is 0.489 e. The second kappa shape index (κ2) is 7.71. The van der Waals surface area contributed by atoms with Gasteiger partial charge in [0.05, 0.1) is 5.39 Å². The molecular weight excluding hydrogens is 408 g/mol. The Bertz CT molecular complexity index is 1050. The number of aryl methyl sites for hydroxylation is 1. The smallest absolute Gasteiger partial charge is 0.164 e. The van der Waals surface area contributed by atoms with Gasteiger partial charge in [0.25, 0.3) is 0 Å². The molecule has 136 valence electrons. The summed E-state index contributed by atoms with van der Waals surface area (Å²) >= 11 is 3.47. The summed E-state index contributed by atoms with van der Waals surface area (Å²) in [5.41, 5.74) is 2.94. The van der Waals surface area contributed by atoms with Crippen LogP contribution in [0.25, 0.3) is 11.0 Å². The molecule has 0 aliphatic rings. The number of hydrogen-bond acceptors (Lipinski definition) is 6. The molecule has 3 aromatic heterocycles. The van der Waals surface area contributed by atoms with Crippen molar-refractivity contribution in [1.82, 2.24) is 24.7 Å². The minimum absolute atomic E-state index is 0.499. The number of benzene rings is 1. The van der Waals surface area contributed by atoms with Crippen molar-refractivity contribution < 1.29 is 4.74 Å². The number of aromatic nitrogens is 5. The van der Waals surface area contributed by atoms with Crippen LogP contribution < -0.4 is 10.1 Å². The molecule has 0 saturated carbocycles. The number of nitrogens with zero attached hydrogens (tertiary/aromatic N) is 5. The minimum Gasteiger partial charge on any atom is -0.489 e. The van der Waals surface area contributed by atoms with Gasteiger partial charge in [0, 0.05) is 31.5 Å². The molecule has 0 spiro atoms. The molecule has 1 N–H and O–H groups in total. The van der Waals surface area contributed by atoms with E-state index in [9.17, 15) is 0 Å². The average Bonchev–Trinajstić information content (AvgIpc) is 3.01. The highest BCUT2D eigenvalue weighted by molar-refractivity contribution is 9.10. The van der Waals surface area contributed by atoms with Crippen LogP contribution in [0.4, 0.5) is 5.82 Å². The SMILES string of the molecule is Cn1nc(Br)c2c(NCc3ccc(OCc4cccnc4)cc3)ncnc21. The molecule has 1 aromatic carbocycles. The maximum absolute atomic E-state index is 5.79. The second-order valence-corrected chi connectivity index (χ2v) is 6.73. The first-order valence-electron chi connectivity index (χ1n) is 8.38. The third-order valence-electron chi connectivity index (χ3n) is 4.09. The van der Waals surface area contributed by atoms with Crippen LogP contribution in [-0.4, -0.2) is 24.7 Å². The van der Waals surface area contributed by atoms with E-state index in [1.54, 1.807) is 17.1 Å². The molecule has 0 aliphatic heterocycles. The molecule has 0 aliphatic carbocycles. The monoisotopic (exact) mass is 424 g/mol. The Hall–Kier alpha value is -3.00. The van der Waals surface area contributed by atoms with Gasteiger partial charge in [0.2, 0.25) is 0 Å². The summed E-state index contributed by atoms with van der Waals surface area (Å²) in [5.74, 6) is 1.57. The van der Waals surface area contributed by atoms with Crippen LogP contribution in [0.15, 0.2) is 59.7 Å². The van der Waals surface area contributed by atoms with Crippen molar-refractivity contribution in [3.05, 3.63) is 70.8 Å². The maximum atomic E-state index is 5.79. The van der Waals surface area contributed by atoms with Crippen molar-refractivity contribution in [2.45, 2.75) is 13.2 Å². The summed E-state index contributed by atoms with van der Waals surface area (Å²) in [6, 6.07) is 11.9. The van der Waals surface area contributed by atoms with Crippen molar-refractivity contribution in [2.24, 2.45) is 7.05 Å². The summed E-state index contributed by atoms with van der Waals surface area (Å²) in [6.45, 7) is 1.13. The van der Waals surface area contributed by atoms with Crippen molar-refractivity contribution in [3.63, 3.8) is 0 Å². The maximum Gasteiger partial charge on any atom is 0.164 e. The first-order chi connectivity index (χ1) is 13.2. The number of anilines is 1. The van der Waals surface area contributed by atoms with Crippen molar-refractivity contribution in [2.75, 3.05) is 5.32 Å². The van der Waals surface area contributed by atoms with Gasteiger partial charge in [-0.3, -0.25) is 4.98 Å². The van der Waals surface area contributed by atoms with Gasteiger partial charge < -0.3 is 10.1 Å². The zero-order chi connectivity index (χ0) is 18.6. The summed E-state index contributed by atoms with van der Waals surface area (Å²) in [6.07, 6.45) is 5.09. The summed E-state index contributed by atoms with van der Waals surface area (Å²) in [7, 11) is 1.86. The van der Waals surface area contributed by atoms with E-state index in [4.69, 9.17) is 4.74 Å². The van der Waals surface area contributed by atoms with Crippen molar-refractivity contribution >= 4 is 32.8 Å². The molecule has 8 heteroatoms. The molecule has 0 bridgehead atoms. The van der Waals surface area contributed by atoms with E-state index in [1.165, 1.54) is 6.33 Å². The molecule has 27 heavy (non-hydrogen) atoms. The summed E-state index contributed by atoms with van der Waals surface area (Å²) < 4.78 is 8.23. The first kappa shape index (κ1) is 17.4. The summed E-state index contributed by atoms with van der Waals surface area (Å²) in [4.78, 5) is 12.7. The van der Waals surface area contributed by atoms with Crippen molar-refractivity contribution in [1.29, 1.82) is 0 Å². The lowest BCUT2D eigenvalue weighted by molar-refractivity contribution is 0.305. The Balaban J connectivity index is 1.41. The predicted molar refractivity (Wildman–Crippen MR) is 106 cm³/mol. The van der Waals surface area contributed by atoms with E-state index in [0.29, 0.717) is 13.2 Å². The number of pyridine rings is 1. The van der Waals surface area contributed by atoms with E-state index in [2.05, 4.69) is 41.3 Å². The Morgan fingerprint density at radius 3 is 2.74 bits per heavy atom. The van der Waals surface area contributed by atoms with Gasteiger partial charge in [-0.05, 0) is 39.7 Å². The normalized spacial score (nSPS) is 10.9. The van der Waals surface area contributed by atoms with Crippen LogP contribution in [-0.2, 0) is 20.2 Å². The van der Waals surface area contributed by atoms with Crippen LogP contribution in [0, 0.1) is 0 Å². The molecule has 0 radical (unpaired) electrons. The number of hydrogen-bond donors (Lipinski definition) is 1. The number of fused-ring (bicyclic) bond motifs is 1. The van der Waals surface area contributed by atoms with E-state index in [-0.39, 0.29) is 0 Å². The number of ether oxygens (including phenoxy) is 1. The predicted octanol–water partition coefficient (Wildman–Crippen LogP) is 3.71. The first-order valence-corrected chi connectivity index (χ1v) is 9.18. The zero-order valence-electron chi connectivity index (χ0n) is 14.6. The van der Waals surface area contributed by atoms with Gasteiger partial charge in [-0.25, -0.2) is 14.6 Å². The van der Waals surface area contributed by atoms with Crippen LogP contribution in [0.1, 0.15) is 11.1 Å². The quantitative estimate of drug-likeness (QED) is 0.508. The lowest BCUT2D eigenvalue weighted by Gasteiger charge is -2.09. The third-order valence-corrected chi connectivity index (χ3v) is 4.64. The van der Waals surface area contributed by atoms with Gasteiger partial charge in [-0.15, -0.1) is 0 Å². The van der Waals surface area contributed by atoms with Gasteiger partial charge in [-0.2, -0.15) is 5.10 Å². The summed E-state index contributed by atoms with van der Waals surface area (Å²) in [5, 5.41) is 8.56. The fraction of sp³-hybridized carbons (Fsp3) is 0.158. The van der Waals surface area contributed by atoms with E-state index < -0.39 is 0 Å². The second-order valence-electron chi connectivity index (χ2n) is 5.98. The Morgan fingerprint density at radius 2 is 1.96 bits per heavy atom. The van der Waals surface area contributed by atoms with Gasteiger partial charge in [0.15, 0.2) is 5.65 Å². The topological polar surface area (TPSA) is 77.8 Å². The van der Waals surface area contributed by atoms with Gasteiger partial charge in [-0.1, -0.05) is 18.2 Å². The standard InChI is InChI=1S/C19H17BrN6O/c1-26-19-16(17(20)25-26)18(23-12-24-19)22-10-13-4-6-15(7-5-13)27-11-14-3-2-8-21-9-14/h2-9,12H,10-11H2,1H3,(H,22,23,24). The van der Waals surface area contributed by atoms with E-state index >= 15 is 0 Å². The highest BCUT2D eigenvalue weighted by Crippen LogP contribution is 2.27. The molecule has 3 heterocycles. The molecule has 7 nitrogen and oxygen atoms in total. The molecule has 4 rings (SSSR count). The molecule has 4 aromatic rings. The number of nitrogens with one attached hydrogen (secondary N) is 1. The lowest BCUT2D eigenvalue weighted by Crippen LogP contribution is -2.03. The van der Waals surface area contributed by atoms with Gasteiger partial charge in [0.1, 0.15) is 29.1 Å². The van der Waals surface area contributed by atoms with Crippen LogP contribution >= 0.6 is 15.9 Å². The number of rotatable bonds is 6. The van der Waals surface area contributed by atoms with Crippen LogP contribution in [0.2, 0.25) is 0 Å². The average molecular weight is 425 g/mol. The fourth-order valence-corrected chi connectivity index (χ4v) is 3.32. The third kappa shape index (κ3) is 3.90. The highest BCUT2D eigenvalue weighted by Gasteiger charge is 2.12. The molecule has 0 saturated heterocycles. The molecule has 0 unspecified atom stereocenters. The van der Waals surface area contributed by atoms with E-state index in [1.807, 2.05) is 43.4 Å². The van der Waals surface area contributed by atoms with Crippen LogP contribution in [0.5, 0.6) is 5.75 Å². The van der Waals surface area contributed by atoms with Crippen molar-refractivity contribution in [3.8, 4) is 5.75 Å². The highest BCUT2D eigenvalue weighted by atomic mass is 79.9. The number of halogens is 1. The molecule has 0 fully saturated rings. The fourth-order valence-electron chi connectivity index (χ4n) is 2.71. The molecule has 0 atom stereocenters. The van der Waals surface area contributed by atoms with Gasteiger partial charge >= 0.3 is 0 Å².